The van der Waals surface area contributed by atoms with Crippen molar-refractivity contribution in [3.63, 3.8) is 0 Å². The molecule has 0 atom stereocenters. The maximum atomic E-state index is 12.5. The first-order chi connectivity index (χ1) is 11.4. The van der Waals surface area contributed by atoms with Crippen LogP contribution >= 0.6 is 0 Å². The van der Waals surface area contributed by atoms with E-state index in [0.717, 1.165) is 56.0 Å². The predicted octanol–water partition coefficient (Wildman–Crippen LogP) is 3.07. The number of aromatic nitrogens is 1. The molecule has 2 fully saturated rings. The van der Waals surface area contributed by atoms with Gasteiger partial charge in [-0.2, -0.15) is 0 Å². The van der Waals surface area contributed by atoms with E-state index >= 15 is 0 Å². The molecule has 0 bridgehead atoms. The van der Waals surface area contributed by atoms with Gasteiger partial charge in [-0.25, -0.2) is 0 Å². The molecule has 1 spiro atoms. The maximum absolute atomic E-state index is 12.5. The fourth-order valence-corrected chi connectivity index (χ4v) is 3.90. The first kappa shape index (κ1) is 17.2. The van der Waals surface area contributed by atoms with Gasteiger partial charge in [0, 0.05) is 25.1 Å². The summed E-state index contributed by atoms with van der Waals surface area (Å²) in [6.07, 6.45) is 5.23. The van der Waals surface area contributed by atoms with Gasteiger partial charge in [-0.3, -0.25) is 9.69 Å². The number of aryl methyl sites for hydroxylation is 2. The van der Waals surface area contributed by atoms with E-state index in [2.05, 4.69) is 30.0 Å². The third-order valence-electron chi connectivity index (χ3n) is 5.61. The lowest BCUT2D eigenvalue weighted by Crippen LogP contribution is -2.41. The summed E-state index contributed by atoms with van der Waals surface area (Å²) in [5, 5.41) is 4.01. The number of nitrogens with zero attached hydrogens (tertiary/aromatic N) is 3. The summed E-state index contributed by atoms with van der Waals surface area (Å²) in [4.78, 5) is 17.1. The number of carbonyl (C=O) groups is 1. The maximum Gasteiger partial charge on any atom is 0.223 e. The normalized spacial score (nSPS) is 20.8. The quantitative estimate of drug-likeness (QED) is 0.796. The van der Waals surface area contributed by atoms with Crippen LogP contribution in [0.2, 0.25) is 0 Å². The fourth-order valence-electron chi connectivity index (χ4n) is 3.90. The lowest BCUT2D eigenvalue weighted by molar-refractivity contribution is -0.128. The Labute approximate surface area is 144 Å². The minimum atomic E-state index is 0.178. The van der Waals surface area contributed by atoms with Gasteiger partial charge in [-0.1, -0.05) is 16.8 Å². The van der Waals surface area contributed by atoms with Crippen molar-refractivity contribution in [1.82, 2.24) is 15.0 Å². The van der Waals surface area contributed by atoms with Crippen molar-refractivity contribution >= 4 is 5.91 Å². The zero-order valence-corrected chi connectivity index (χ0v) is 15.4. The van der Waals surface area contributed by atoms with Gasteiger partial charge in [0.25, 0.3) is 0 Å². The molecule has 0 saturated carbocycles. The smallest absolute Gasteiger partial charge is 0.223 e. The van der Waals surface area contributed by atoms with Crippen molar-refractivity contribution < 1.29 is 9.32 Å². The number of allylic oxidation sites excluding steroid dienone is 1. The Bertz CT molecular complexity index is 616. The summed E-state index contributed by atoms with van der Waals surface area (Å²) in [7, 11) is 0. The minimum Gasteiger partial charge on any atom is -0.361 e. The molecule has 0 aromatic carbocycles. The summed E-state index contributed by atoms with van der Waals surface area (Å²) in [5.74, 6) is 1.12. The minimum absolute atomic E-state index is 0.178. The first-order valence-corrected chi connectivity index (χ1v) is 8.94. The van der Waals surface area contributed by atoms with Crippen molar-refractivity contribution in [3.05, 3.63) is 28.7 Å². The van der Waals surface area contributed by atoms with E-state index in [1.165, 1.54) is 5.57 Å². The summed E-state index contributed by atoms with van der Waals surface area (Å²) in [5.41, 5.74) is 3.52. The molecule has 5 nitrogen and oxygen atoms in total. The Morgan fingerprint density at radius 3 is 2.58 bits per heavy atom. The Balaban J connectivity index is 1.60. The lowest BCUT2D eigenvalue weighted by atomic mass is 9.77. The van der Waals surface area contributed by atoms with Gasteiger partial charge in [0.1, 0.15) is 5.76 Å². The van der Waals surface area contributed by atoms with Crippen LogP contribution in [0.1, 0.15) is 50.1 Å². The van der Waals surface area contributed by atoms with Crippen molar-refractivity contribution in [2.24, 2.45) is 5.41 Å². The highest BCUT2D eigenvalue weighted by atomic mass is 16.5. The lowest BCUT2D eigenvalue weighted by Gasteiger charge is -2.38. The molecule has 2 saturated heterocycles. The SMILES string of the molecule is CC(C)=CCN1CCC2(CC1)CC(=O)N(Cc1c(C)noc1C)C2. The standard InChI is InChI=1S/C19H29N3O2/c1-14(2)5-8-21-9-6-19(7-10-21)11-18(23)22(13-19)12-17-15(3)20-24-16(17)4/h5H,6-13H2,1-4H3. The highest BCUT2D eigenvalue weighted by molar-refractivity contribution is 5.79. The summed E-state index contributed by atoms with van der Waals surface area (Å²) in [6, 6.07) is 0. The van der Waals surface area contributed by atoms with Crippen LogP contribution in [0.5, 0.6) is 0 Å². The third kappa shape index (κ3) is 3.56. The number of piperidine rings is 1. The molecule has 3 heterocycles. The number of carbonyl (C=O) groups excluding carboxylic acids is 1. The molecule has 0 aliphatic carbocycles. The van der Waals surface area contributed by atoms with E-state index in [0.29, 0.717) is 13.0 Å². The molecule has 1 aromatic heterocycles. The van der Waals surface area contributed by atoms with E-state index in [9.17, 15) is 4.79 Å². The molecule has 2 aliphatic heterocycles. The van der Waals surface area contributed by atoms with E-state index in [4.69, 9.17) is 4.52 Å². The molecule has 0 N–H and O–H groups in total. The van der Waals surface area contributed by atoms with Crippen LogP contribution in [0, 0.1) is 19.3 Å². The zero-order valence-electron chi connectivity index (χ0n) is 15.4. The fraction of sp³-hybridized carbons (Fsp3) is 0.684. The van der Waals surface area contributed by atoms with Gasteiger partial charge in [0.2, 0.25) is 5.91 Å². The average molecular weight is 331 g/mol. The third-order valence-corrected chi connectivity index (χ3v) is 5.61. The first-order valence-electron chi connectivity index (χ1n) is 8.94. The number of hydrogen-bond acceptors (Lipinski definition) is 4. The Morgan fingerprint density at radius 2 is 2.00 bits per heavy atom. The summed E-state index contributed by atoms with van der Waals surface area (Å²) >= 11 is 0. The van der Waals surface area contributed by atoms with Gasteiger partial charge < -0.3 is 9.42 Å². The molecule has 132 valence electrons. The van der Waals surface area contributed by atoms with Crippen LogP contribution in [0.25, 0.3) is 0 Å². The van der Waals surface area contributed by atoms with Gasteiger partial charge in [-0.05, 0) is 59.0 Å². The molecule has 2 aliphatic rings. The zero-order chi connectivity index (χ0) is 17.3. The van der Waals surface area contributed by atoms with E-state index in [-0.39, 0.29) is 11.3 Å². The summed E-state index contributed by atoms with van der Waals surface area (Å²) < 4.78 is 5.24. The second kappa shape index (κ2) is 6.71. The van der Waals surface area contributed by atoms with E-state index in [1.807, 2.05) is 18.7 Å². The van der Waals surface area contributed by atoms with Crippen LogP contribution in [-0.4, -0.2) is 47.0 Å². The largest absolute Gasteiger partial charge is 0.361 e. The Morgan fingerprint density at radius 1 is 1.29 bits per heavy atom. The molecule has 0 radical (unpaired) electrons. The van der Waals surface area contributed by atoms with Crippen molar-refractivity contribution in [2.45, 2.75) is 53.5 Å². The average Bonchev–Trinajstić information content (AvgIpc) is 3.01. The van der Waals surface area contributed by atoms with Crippen LogP contribution < -0.4 is 0 Å². The number of hydrogen-bond donors (Lipinski definition) is 0. The topological polar surface area (TPSA) is 49.6 Å². The van der Waals surface area contributed by atoms with Crippen molar-refractivity contribution in [3.8, 4) is 0 Å². The highest BCUT2D eigenvalue weighted by Gasteiger charge is 2.44. The van der Waals surface area contributed by atoms with Crippen molar-refractivity contribution in [1.29, 1.82) is 0 Å². The number of likely N-dealkylation sites (tertiary alicyclic amines) is 2. The van der Waals surface area contributed by atoms with Crippen molar-refractivity contribution in [2.75, 3.05) is 26.2 Å². The molecular formula is C19H29N3O2. The van der Waals surface area contributed by atoms with Gasteiger partial charge in [0.15, 0.2) is 0 Å². The van der Waals surface area contributed by atoms with Crippen LogP contribution in [0.15, 0.2) is 16.2 Å². The van der Waals surface area contributed by atoms with Gasteiger partial charge in [-0.15, -0.1) is 0 Å². The molecule has 1 amide bonds. The monoisotopic (exact) mass is 331 g/mol. The summed E-state index contributed by atoms with van der Waals surface area (Å²) in [6.45, 7) is 12.9. The molecule has 5 heteroatoms. The van der Waals surface area contributed by atoms with Crippen LogP contribution in [-0.2, 0) is 11.3 Å². The highest BCUT2D eigenvalue weighted by Crippen LogP contribution is 2.41. The van der Waals surface area contributed by atoms with E-state index in [1.54, 1.807) is 0 Å². The van der Waals surface area contributed by atoms with Gasteiger partial charge in [0.05, 0.1) is 12.2 Å². The second-order valence-corrected chi connectivity index (χ2v) is 7.81. The molecule has 24 heavy (non-hydrogen) atoms. The predicted molar refractivity (Wildman–Crippen MR) is 93.5 cm³/mol. The Kier molecular flexibility index (Phi) is 4.81. The molecule has 3 rings (SSSR count). The van der Waals surface area contributed by atoms with E-state index < -0.39 is 0 Å². The Hall–Kier alpha value is -1.62. The van der Waals surface area contributed by atoms with Crippen LogP contribution in [0.3, 0.4) is 0 Å². The second-order valence-electron chi connectivity index (χ2n) is 7.81. The molecule has 1 aromatic rings. The van der Waals surface area contributed by atoms with Crippen LogP contribution in [0.4, 0.5) is 0 Å². The number of rotatable bonds is 4. The van der Waals surface area contributed by atoms with Gasteiger partial charge >= 0.3 is 0 Å². The molecule has 0 unspecified atom stereocenters. The number of amides is 1. The molecular weight excluding hydrogens is 302 g/mol.